The van der Waals surface area contributed by atoms with Gasteiger partial charge >= 0.3 is 0 Å². The fourth-order valence-electron chi connectivity index (χ4n) is 3.99. The Hall–Kier alpha value is -2.08. The van der Waals surface area contributed by atoms with Gasteiger partial charge in [0, 0.05) is 24.7 Å². The lowest BCUT2D eigenvalue weighted by Crippen LogP contribution is -2.44. The van der Waals surface area contributed by atoms with Gasteiger partial charge in [-0.25, -0.2) is 0 Å². The van der Waals surface area contributed by atoms with Crippen LogP contribution in [0.5, 0.6) is 5.75 Å². The lowest BCUT2D eigenvalue weighted by molar-refractivity contribution is -0.123. The Balaban J connectivity index is 1.75. The minimum Gasteiger partial charge on any atom is -0.497 e. The zero-order chi connectivity index (χ0) is 21.5. The molecule has 2 atom stereocenters. The van der Waals surface area contributed by atoms with E-state index in [9.17, 15) is 4.79 Å². The van der Waals surface area contributed by atoms with Crippen LogP contribution in [0, 0.1) is 5.92 Å². The molecule has 0 spiro atoms. The summed E-state index contributed by atoms with van der Waals surface area (Å²) in [5.74, 6) is 0.822. The molecule has 1 aliphatic heterocycles. The first kappa shape index (κ1) is 22.6. The number of ether oxygens (including phenoxy) is 2. The van der Waals surface area contributed by atoms with Crippen LogP contribution in [0.1, 0.15) is 36.9 Å². The molecule has 0 aromatic heterocycles. The second-order valence-corrected chi connectivity index (χ2v) is 8.39. The van der Waals surface area contributed by atoms with Crippen molar-refractivity contribution in [1.82, 2.24) is 10.2 Å². The van der Waals surface area contributed by atoms with Crippen LogP contribution >= 0.6 is 11.6 Å². The van der Waals surface area contributed by atoms with E-state index in [-0.39, 0.29) is 23.8 Å². The third-order valence-corrected chi connectivity index (χ3v) is 5.89. The molecule has 1 aliphatic rings. The summed E-state index contributed by atoms with van der Waals surface area (Å²) in [6, 6.07) is 15.7. The molecular weight excluding hydrogens is 400 g/mol. The molecule has 0 unspecified atom stereocenters. The van der Waals surface area contributed by atoms with Gasteiger partial charge in [-0.3, -0.25) is 9.69 Å². The molecule has 2 aromatic carbocycles. The van der Waals surface area contributed by atoms with Crippen LogP contribution in [0.15, 0.2) is 48.5 Å². The van der Waals surface area contributed by atoms with Crippen molar-refractivity contribution in [3.8, 4) is 5.75 Å². The van der Waals surface area contributed by atoms with Gasteiger partial charge in [0.25, 0.3) is 0 Å². The number of carbonyl (C=O) groups excluding carboxylic acids is 1. The molecule has 6 heteroatoms. The maximum absolute atomic E-state index is 13.2. The Kier molecular flexibility index (Phi) is 8.14. The lowest BCUT2D eigenvalue weighted by atomic mass is 9.87. The van der Waals surface area contributed by atoms with Gasteiger partial charge in [0.15, 0.2) is 0 Å². The van der Waals surface area contributed by atoms with Crippen molar-refractivity contribution < 1.29 is 14.3 Å². The minimum absolute atomic E-state index is 0.0408. The Morgan fingerprint density at radius 1 is 1.07 bits per heavy atom. The first-order valence-corrected chi connectivity index (χ1v) is 10.9. The molecule has 1 saturated heterocycles. The van der Waals surface area contributed by atoms with Gasteiger partial charge in [-0.2, -0.15) is 0 Å². The summed E-state index contributed by atoms with van der Waals surface area (Å²) < 4.78 is 10.8. The Labute approximate surface area is 184 Å². The number of amides is 1. The molecule has 0 radical (unpaired) electrons. The van der Waals surface area contributed by atoms with E-state index in [0.717, 1.165) is 30.0 Å². The van der Waals surface area contributed by atoms with Crippen LogP contribution in [0.4, 0.5) is 0 Å². The summed E-state index contributed by atoms with van der Waals surface area (Å²) in [6.07, 6.45) is 0. The summed E-state index contributed by atoms with van der Waals surface area (Å²) in [4.78, 5) is 15.6. The number of benzene rings is 2. The highest BCUT2D eigenvalue weighted by atomic mass is 35.5. The number of methoxy groups -OCH3 is 1. The van der Waals surface area contributed by atoms with Crippen molar-refractivity contribution in [3.05, 3.63) is 64.7 Å². The highest BCUT2D eigenvalue weighted by molar-refractivity contribution is 6.30. The first-order chi connectivity index (χ1) is 14.5. The molecule has 0 aliphatic carbocycles. The monoisotopic (exact) mass is 430 g/mol. The smallest absolute Gasteiger partial charge is 0.227 e. The van der Waals surface area contributed by atoms with E-state index in [2.05, 4.69) is 36.2 Å². The van der Waals surface area contributed by atoms with Crippen LogP contribution in [0.2, 0.25) is 5.02 Å². The molecule has 30 heavy (non-hydrogen) atoms. The molecule has 1 heterocycles. The molecule has 1 N–H and O–H groups in total. The van der Waals surface area contributed by atoms with Crippen LogP contribution in [0.3, 0.4) is 0 Å². The second-order valence-electron chi connectivity index (χ2n) is 7.96. The van der Waals surface area contributed by atoms with E-state index in [4.69, 9.17) is 21.1 Å². The van der Waals surface area contributed by atoms with E-state index in [1.807, 2.05) is 36.4 Å². The maximum atomic E-state index is 13.2. The van der Waals surface area contributed by atoms with E-state index >= 15 is 0 Å². The molecule has 162 valence electrons. The number of hydrogen-bond acceptors (Lipinski definition) is 4. The van der Waals surface area contributed by atoms with Crippen LogP contribution in [-0.2, 0) is 9.53 Å². The van der Waals surface area contributed by atoms with Gasteiger partial charge in [0.2, 0.25) is 5.91 Å². The summed E-state index contributed by atoms with van der Waals surface area (Å²) >= 11 is 6.03. The number of nitrogens with one attached hydrogen (secondary N) is 1. The van der Waals surface area contributed by atoms with Crippen molar-refractivity contribution in [2.24, 2.45) is 5.92 Å². The summed E-state index contributed by atoms with van der Waals surface area (Å²) in [5.41, 5.74) is 2.14. The fraction of sp³-hybridized carbons (Fsp3) is 0.458. The third-order valence-electron chi connectivity index (χ3n) is 5.63. The van der Waals surface area contributed by atoms with Crippen molar-refractivity contribution in [2.75, 3.05) is 40.0 Å². The number of nitrogens with zero attached hydrogens (tertiary/aromatic N) is 1. The number of morpholine rings is 1. The minimum atomic E-state index is -0.219. The van der Waals surface area contributed by atoms with Crippen molar-refractivity contribution in [3.63, 3.8) is 0 Å². The van der Waals surface area contributed by atoms with E-state index in [1.165, 1.54) is 0 Å². The Bertz CT molecular complexity index is 802. The number of hydrogen-bond donors (Lipinski definition) is 1. The van der Waals surface area contributed by atoms with Gasteiger partial charge in [-0.05, 0) is 41.3 Å². The van der Waals surface area contributed by atoms with Gasteiger partial charge < -0.3 is 14.8 Å². The molecule has 2 aromatic rings. The number of carbonyl (C=O) groups is 1. The summed E-state index contributed by atoms with van der Waals surface area (Å²) in [6.45, 7) is 7.79. The second kappa shape index (κ2) is 10.8. The predicted molar refractivity (Wildman–Crippen MR) is 120 cm³/mol. The van der Waals surface area contributed by atoms with Gasteiger partial charge in [0.05, 0.1) is 32.3 Å². The van der Waals surface area contributed by atoms with E-state index < -0.39 is 0 Å². The molecular formula is C24H31ClN2O3. The molecule has 3 rings (SSSR count). The van der Waals surface area contributed by atoms with E-state index in [1.54, 1.807) is 7.11 Å². The zero-order valence-corrected chi connectivity index (χ0v) is 18.7. The van der Waals surface area contributed by atoms with Gasteiger partial charge in [-0.15, -0.1) is 0 Å². The Morgan fingerprint density at radius 3 is 2.23 bits per heavy atom. The van der Waals surface area contributed by atoms with Gasteiger partial charge in [-0.1, -0.05) is 49.7 Å². The van der Waals surface area contributed by atoms with Crippen LogP contribution in [-0.4, -0.2) is 50.8 Å². The molecule has 1 amide bonds. The average Bonchev–Trinajstić information content (AvgIpc) is 2.76. The quantitative estimate of drug-likeness (QED) is 0.679. The van der Waals surface area contributed by atoms with E-state index in [0.29, 0.717) is 24.8 Å². The predicted octanol–water partition coefficient (Wildman–Crippen LogP) is 4.28. The lowest BCUT2D eigenvalue weighted by Gasteiger charge is -2.35. The summed E-state index contributed by atoms with van der Waals surface area (Å²) in [5, 5.41) is 3.89. The number of halogens is 1. The van der Waals surface area contributed by atoms with Crippen molar-refractivity contribution in [2.45, 2.75) is 25.8 Å². The highest BCUT2D eigenvalue weighted by Crippen LogP contribution is 2.27. The Morgan fingerprint density at radius 2 is 1.67 bits per heavy atom. The van der Waals surface area contributed by atoms with Crippen molar-refractivity contribution in [1.29, 1.82) is 0 Å². The van der Waals surface area contributed by atoms with Crippen molar-refractivity contribution >= 4 is 17.5 Å². The molecule has 1 fully saturated rings. The number of rotatable bonds is 8. The summed E-state index contributed by atoms with van der Waals surface area (Å²) in [7, 11) is 1.66. The molecule has 5 nitrogen and oxygen atoms in total. The largest absolute Gasteiger partial charge is 0.497 e. The first-order valence-electron chi connectivity index (χ1n) is 10.5. The van der Waals surface area contributed by atoms with Gasteiger partial charge in [0.1, 0.15) is 5.75 Å². The SMILES string of the molecule is COc1ccc([C@H](CNC(=O)[C@H](c2ccc(Cl)cc2)C(C)C)N2CCOCC2)cc1. The average molecular weight is 431 g/mol. The standard InChI is InChI=1S/C24H31ClN2O3/c1-17(2)23(19-4-8-20(25)9-5-19)24(28)26-16-22(27-12-14-30-15-13-27)18-6-10-21(29-3)11-7-18/h4-11,17,22-23H,12-16H2,1-3H3,(H,26,28)/t22-,23-/m0/s1. The normalized spacial score (nSPS) is 16.8. The zero-order valence-electron chi connectivity index (χ0n) is 17.9. The third kappa shape index (κ3) is 5.75. The van der Waals surface area contributed by atoms with Crippen LogP contribution < -0.4 is 10.1 Å². The fourth-order valence-corrected chi connectivity index (χ4v) is 4.12. The maximum Gasteiger partial charge on any atom is 0.227 e. The molecule has 0 bridgehead atoms. The van der Waals surface area contributed by atoms with Crippen LogP contribution in [0.25, 0.3) is 0 Å². The molecule has 0 saturated carbocycles. The topological polar surface area (TPSA) is 50.8 Å². The highest BCUT2D eigenvalue weighted by Gasteiger charge is 2.27.